The van der Waals surface area contributed by atoms with E-state index in [0.717, 1.165) is 5.57 Å². The number of nitrogens with one attached hydrogen (secondary N) is 2. The predicted molar refractivity (Wildman–Crippen MR) is 114 cm³/mol. The van der Waals surface area contributed by atoms with Gasteiger partial charge in [-0.1, -0.05) is 18.2 Å². The van der Waals surface area contributed by atoms with Gasteiger partial charge in [0.2, 0.25) is 0 Å². The number of hydrogen-bond acceptors (Lipinski definition) is 7. The zero-order valence-corrected chi connectivity index (χ0v) is 18.3. The van der Waals surface area contributed by atoms with E-state index in [1.165, 1.54) is 24.8 Å². The molecule has 0 spiro atoms. The van der Waals surface area contributed by atoms with Crippen LogP contribution in [0.2, 0.25) is 0 Å². The molecule has 31 heavy (non-hydrogen) atoms. The summed E-state index contributed by atoms with van der Waals surface area (Å²) in [6.45, 7) is 3.14. The Morgan fingerprint density at radius 1 is 1.35 bits per heavy atom. The molecule has 1 fully saturated rings. The molecule has 10 nitrogen and oxygen atoms in total. The highest BCUT2D eigenvalue weighted by atomic mass is 31.2. The van der Waals surface area contributed by atoms with Gasteiger partial charge in [0.25, 0.3) is 5.56 Å². The molecular weight excluding hydrogens is 425 g/mol. The topological polar surface area (TPSA) is 129 Å². The third-order valence-corrected chi connectivity index (χ3v) is 6.26. The van der Waals surface area contributed by atoms with Gasteiger partial charge < -0.3 is 9.26 Å². The van der Waals surface area contributed by atoms with E-state index in [9.17, 15) is 18.9 Å². The number of carbonyl (C=O) groups excluding carboxylic acids is 1. The fourth-order valence-corrected chi connectivity index (χ4v) is 4.31. The summed E-state index contributed by atoms with van der Waals surface area (Å²) in [5, 5.41) is 2.59. The highest BCUT2D eigenvalue weighted by molar-refractivity contribution is 7.52. The molecule has 1 aromatic carbocycles. The molecule has 2 aromatic rings. The number of aromatic amines is 1. The van der Waals surface area contributed by atoms with Gasteiger partial charge in [-0.3, -0.25) is 23.7 Å². The first-order valence-electron chi connectivity index (χ1n) is 9.58. The Kier molecular flexibility index (Phi) is 6.94. The first-order chi connectivity index (χ1) is 14.7. The van der Waals surface area contributed by atoms with Gasteiger partial charge in [-0.05, 0) is 38.0 Å². The molecule has 2 N–H and O–H groups in total. The van der Waals surface area contributed by atoms with Crippen LogP contribution in [0.15, 0.2) is 51.7 Å². The maximum atomic E-state index is 13.3. The van der Waals surface area contributed by atoms with Gasteiger partial charge in [-0.2, -0.15) is 5.09 Å². The van der Waals surface area contributed by atoms with Crippen molar-refractivity contribution in [3.05, 3.63) is 68.5 Å². The Balaban J connectivity index is 1.70. The lowest BCUT2D eigenvalue weighted by molar-refractivity contribution is -0.142. The smallest absolute Gasteiger partial charge is 0.459 e. The molecule has 3 atom stereocenters. The first-order valence-corrected chi connectivity index (χ1v) is 11.1. The SMILES string of the molecule is COC(=O)C(C)NP(=O)(OC[C@@H]1C/C1=C/n1cc(C)c(=O)[nH]c1=O)Oc1ccccc1. The number of methoxy groups -OCH3 is 1. The molecule has 0 aliphatic heterocycles. The number of carbonyl (C=O) groups is 1. The molecular formula is C20H24N3O7P. The van der Waals surface area contributed by atoms with Crippen LogP contribution < -0.4 is 20.9 Å². The Morgan fingerprint density at radius 3 is 2.74 bits per heavy atom. The zero-order chi connectivity index (χ0) is 22.6. The summed E-state index contributed by atoms with van der Waals surface area (Å²) < 4.78 is 30.4. The number of hydrogen-bond donors (Lipinski definition) is 2. The molecule has 0 radical (unpaired) electrons. The number of ether oxygens (including phenoxy) is 1. The number of aryl methyl sites for hydroxylation is 1. The number of H-pyrrole nitrogens is 1. The van der Waals surface area contributed by atoms with Crippen molar-refractivity contribution in [2.75, 3.05) is 13.7 Å². The molecule has 166 valence electrons. The second kappa shape index (κ2) is 9.47. The van der Waals surface area contributed by atoms with Crippen LogP contribution in [0.4, 0.5) is 0 Å². The molecule has 3 rings (SSSR count). The van der Waals surface area contributed by atoms with Crippen LogP contribution in [0.5, 0.6) is 5.75 Å². The van der Waals surface area contributed by atoms with Gasteiger partial charge in [0.05, 0.1) is 13.7 Å². The summed E-state index contributed by atoms with van der Waals surface area (Å²) in [5.41, 5.74) is 0.328. The number of rotatable bonds is 9. The van der Waals surface area contributed by atoms with Crippen LogP contribution in [0.25, 0.3) is 6.20 Å². The molecule has 1 aliphatic rings. The minimum Gasteiger partial charge on any atom is -0.468 e. The van der Waals surface area contributed by atoms with Crippen molar-refractivity contribution >= 4 is 19.9 Å². The van der Waals surface area contributed by atoms with Gasteiger partial charge in [-0.15, -0.1) is 0 Å². The molecule has 1 aliphatic carbocycles. The van der Waals surface area contributed by atoms with E-state index in [0.29, 0.717) is 17.7 Å². The maximum absolute atomic E-state index is 13.3. The molecule has 2 unspecified atom stereocenters. The maximum Gasteiger partial charge on any atom is 0.459 e. The summed E-state index contributed by atoms with van der Waals surface area (Å²) in [6, 6.07) is 7.54. The summed E-state index contributed by atoms with van der Waals surface area (Å²) >= 11 is 0. The largest absolute Gasteiger partial charge is 0.468 e. The van der Waals surface area contributed by atoms with E-state index in [-0.39, 0.29) is 12.5 Å². The van der Waals surface area contributed by atoms with E-state index < -0.39 is 31.0 Å². The van der Waals surface area contributed by atoms with Gasteiger partial charge >= 0.3 is 19.4 Å². The van der Waals surface area contributed by atoms with Crippen molar-refractivity contribution in [3.63, 3.8) is 0 Å². The van der Waals surface area contributed by atoms with Crippen molar-refractivity contribution < 1.29 is 23.1 Å². The lowest BCUT2D eigenvalue weighted by atomic mass is 10.3. The number of nitrogens with zero attached hydrogens (tertiary/aromatic N) is 1. The summed E-state index contributed by atoms with van der Waals surface area (Å²) in [5.74, 6) is -0.375. The van der Waals surface area contributed by atoms with Crippen molar-refractivity contribution in [2.24, 2.45) is 5.92 Å². The van der Waals surface area contributed by atoms with Gasteiger partial charge in [0, 0.05) is 23.9 Å². The van der Waals surface area contributed by atoms with Gasteiger partial charge in [0.15, 0.2) is 0 Å². The number of esters is 1. The fourth-order valence-electron chi connectivity index (χ4n) is 2.78. The molecule has 0 saturated heterocycles. The average Bonchev–Trinajstić information content (AvgIpc) is 3.48. The molecule has 11 heteroatoms. The Morgan fingerprint density at radius 2 is 2.06 bits per heavy atom. The van der Waals surface area contributed by atoms with E-state index in [4.69, 9.17) is 9.05 Å². The second-order valence-electron chi connectivity index (χ2n) is 7.16. The highest BCUT2D eigenvalue weighted by Gasteiger charge is 2.37. The minimum atomic E-state index is -3.91. The first kappa shape index (κ1) is 22.7. The fraction of sp³-hybridized carbons (Fsp3) is 0.350. The molecule has 0 amide bonds. The van der Waals surface area contributed by atoms with Gasteiger partial charge in [0.1, 0.15) is 11.8 Å². The van der Waals surface area contributed by atoms with Crippen LogP contribution >= 0.6 is 7.75 Å². The average molecular weight is 449 g/mol. The molecule has 1 aromatic heterocycles. The normalized spacial score (nSPS) is 19.5. The third kappa shape index (κ3) is 6.04. The Labute approximate surface area is 178 Å². The summed E-state index contributed by atoms with van der Waals surface area (Å²) in [6.07, 6.45) is 3.70. The summed E-state index contributed by atoms with van der Waals surface area (Å²) in [7, 11) is -2.68. The second-order valence-corrected chi connectivity index (χ2v) is 8.85. The standard InChI is InChI=1S/C20H24N3O7P/c1-13-10-23(20(26)21-18(13)24)11-15-9-16(15)12-29-31(27,22-14(2)19(25)28-3)30-17-7-5-4-6-8-17/h4-8,10-11,14,16H,9,12H2,1-3H3,(H,22,27)(H,21,24,26)/b15-11-/t14?,16-,31?/m0/s1. The van der Waals surface area contributed by atoms with Crippen LogP contribution in [0.3, 0.4) is 0 Å². The van der Waals surface area contributed by atoms with Crippen molar-refractivity contribution in [3.8, 4) is 5.75 Å². The number of aromatic nitrogens is 2. The highest BCUT2D eigenvalue weighted by Crippen LogP contribution is 2.48. The summed E-state index contributed by atoms with van der Waals surface area (Å²) in [4.78, 5) is 37.4. The van der Waals surface area contributed by atoms with E-state index in [2.05, 4.69) is 14.8 Å². The lowest BCUT2D eigenvalue weighted by Gasteiger charge is -2.22. The predicted octanol–water partition coefficient (Wildman–Crippen LogP) is 2.06. The zero-order valence-electron chi connectivity index (χ0n) is 17.4. The van der Waals surface area contributed by atoms with Crippen molar-refractivity contribution in [1.82, 2.24) is 14.6 Å². The quantitative estimate of drug-likeness (QED) is 0.440. The number of benzene rings is 1. The van der Waals surface area contributed by atoms with Crippen LogP contribution in [0, 0.1) is 12.8 Å². The third-order valence-electron chi connectivity index (χ3n) is 4.62. The van der Waals surface area contributed by atoms with Crippen LogP contribution in [-0.4, -0.2) is 35.3 Å². The van der Waals surface area contributed by atoms with Crippen LogP contribution in [-0.2, 0) is 18.6 Å². The molecule has 1 heterocycles. The van der Waals surface area contributed by atoms with E-state index >= 15 is 0 Å². The van der Waals surface area contributed by atoms with E-state index in [1.807, 2.05) is 0 Å². The number of para-hydroxylation sites is 1. The molecule has 0 bridgehead atoms. The minimum absolute atomic E-state index is 0.0495. The van der Waals surface area contributed by atoms with Crippen molar-refractivity contribution in [2.45, 2.75) is 26.3 Å². The molecule has 1 saturated carbocycles. The van der Waals surface area contributed by atoms with E-state index in [1.54, 1.807) is 43.5 Å². The Bertz CT molecular complexity index is 1140. The van der Waals surface area contributed by atoms with Crippen LogP contribution in [0.1, 0.15) is 18.9 Å². The lowest BCUT2D eigenvalue weighted by Crippen LogP contribution is -2.34. The van der Waals surface area contributed by atoms with Crippen molar-refractivity contribution in [1.29, 1.82) is 0 Å². The Hall–Kier alpha value is -2.94. The van der Waals surface area contributed by atoms with Gasteiger partial charge in [-0.25, -0.2) is 9.36 Å². The monoisotopic (exact) mass is 449 g/mol.